The maximum Gasteiger partial charge on any atom is 0.181 e. The number of rotatable bonds is 2. The largest absolute Gasteiger partial charge is 0.378 e. The number of ether oxygens (including phenoxy) is 1. The average Bonchev–Trinajstić information content (AvgIpc) is 2.79. The molecule has 1 saturated heterocycles. The molecule has 18 heavy (non-hydrogen) atoms. The van der Waals surface area contributed by atoms with Crippen molar-refractivity contribution >= 4 is 17.2 Å². The summed E-state index contributed by atoms with van der Waals surface area (Å²) in [5.74, 6) is 0.890. The van der Waals surface area contributed by atoms with E-state index in [1.165, 1.54) is 0 Å². The van der Waals surface area contributed by atoms with Gasteiger partial charge in [-0.1, -0.05) is 6.07 Å². The normalized spacial score (nSPS) is 16.2. The maximum absolute atomic E-state index is 11.7. The van der Waals surface area contributed by atoms with E-state index in [1.54, 1.807) is 6.92 Å². The summed E-state index contributed by atoms with van der Waals surface area (Å²) >= 11 is 0. The van der Waals surface area contributed by atoms with Crippen molar-refractivity contribution in [2.45, 2.75) is 6.92 Å². The Morgan fingerprint density at radius 2 is 2.11 bits per heavy atom. The van der Waals surface area contributed by atoms with Gasteiger partial charge in [-0.2, -0.15) is 0 Å². The Bertz CT molecular complexity index is 585. The molecule has 0 unspecified atom stereocenters. The average molecular weight is 245 g/mol. The predicted molar refractivity (Wildman–Crippen MR) is 68.2 cm³/mol. The molecule has 0 radical (unpaired) electrons. The Kier molecular flexibility index (Phi) is 2.76. The molecule has 94 valence electrons. The Balaban J connectivity index is 2.17. The lowest BCUT2D eigenvalue weighted by Crippen LogP contribution is -2.37. The summed E-state index contributed by atoms with van der Waals surface area (Å²) in [5, 5.41) is 0. The minimum atomic E-state index is 0.000178. The van der Waals surface area contributed by atoms with Gasteiger partial charge in [-0.05, 0) is 12.1 Å². The smallest absolute Gasteiger partial charge is 0.181 e. The third kappa shape index (κ3) is 1.76. The molecule has 5 heteroatoms. The van der Waals surface area contributed by atoms with Crippen LogP contribution in [0.5, 0.6) is 0 Å². The molecule has 0 aromatic carbocycles. The number of carbonyl (C=O) groups excluding carboxylic acids is 1. The van der Waals surface area contributed by atoms with E-state index in [0.717, 1.165) is 24.6 Å². The second kappa shape index (κ2) is 4.42. The van der Waals surface area contributed by atoms with Gasteiger partial charge >= 0.3 is 0 Å². The summed E-state index contributed by atoms with van der Waals surface area (Å²) in [6, 6.07) is 5.79. The number of morpholine rings is 1. The number of fused-ring (bicyclic) bond motifs is 1. The summed E-state index contributed by atoms with van der Waals surface area (Å²) in [6.07, 6.45) is 1.94. The number of hydrogen-bond acceptors (Lipinski definition) is 4. The lowest BCUT2D eigenvalue weighted by atomic mass is 10.3. The van der Waals surface area contributed by atoms with E-state index in [0.29, 0.717) is 18.9 Å². The minimum Gasteiger partial charge on any atom is -0.378 e. The molecular weight excluding hydrogens is 230 g/mol. The maximum atomic E-state index is 11.7. The molecule has 3 rings (SSSR count). The van der Waals surface area contributed by atoms with Crippen LogP contribution in [0.2, 0.25) is 0 Å². The number of hydrogen-bond donors (Lipinski definition) is 0. The molecule has 1 aliphatic heterocycles. The fraction of sp³-hybridized carbons (Fsp3) is 0.385. The molecule has 0 bridgehead atoms. The van der Waals surface area contributed by atoms with E-state index >= 15 is 0 Å². The van der Waals surface area contributed by atoms with Gasteiger partial charge in [-0.25, -0.2) is 4.98 Å². The number of aromatic nitrogens is 2. The fourth-order valence-electron chi connectivity index (χ4n) is 2.30. The highest BCUT2D eigenvalue weighted by atomic mass is 16.5. The highest BCUT2D eigenvalue weighted by Crippen LogP contribution is 2.23. The second-order valence-electron chi connectivity index (χ2n) is 4.37. The quantitative estimate of drug-likeness (QED) is 0.750. The lowest BCUT2D eigenvalue weighted by Gasteiger charge is -2.28. The number of Topliss-reactive ketones (excluding diaryl/α,β-unsaturated/α-hetero) is 1. The van der Waals surface area contributed by atoms with Gasteiger partial charge in [0.15, 0.2) is 5.78 Å². The van der Waals surface area contributed by atoms with E-state index in [-0.39, 0.29) is 5.78 Å². The van der Waals surface area contributed by atoms with Gasteiger partial charge in [0.05, 0.1) is 13.2 Å². The third-order valence-corrected chi connectivity index (χ3v) is 3.15. The molecule has 2 aromatic heterocycles. The Labute approximate surface area is 105 Å². The summed E-state index contributed by atoms with van der Waals surface area (Å²) in [4.78, 5) is 18.3. The first-order valence-electron chi connectivity index (χ1n) is 6.08. The van der Waals surface area contributed by atoms with Gasteiger partial charge in [0.2, 0.25) is 0 Å². The first-order valence-corrected chi connectivity index (χ1v) is 6.08. The van der Waals surface area contributed by atoms with Gasteiger partial charge in [0.25, 0.3) is 0 Å². The van der Waals surface area contributed by atoms with Gasteiger partial charge in [0, 0.05) is 26.2 Å². The van der Waals surface area contributed by atoms with Gasteiger partial charge in [-0.3, -0.25) is 9.20 Å². The van der Waals surface area contributed by atoms with Gasteiger partial charge in [0.1, 0.15) is 17.2 Å². The van der Waals surface area contributed by atoms with Gasteiger partial charge in [-0.15, -0.1) is 0 Å². The number of imidazole rings is 1. The van der Waals surface area contributed by atoms with Crippen molar-refractivity contribution in [1.82, 2.24) is 9.38 Å². The first kappa shape index (κ1) is 11.2. The van der Waals surface area contributed by atoms with Crippen molar-refractivity contribution in [3.05, 3.63) is 30.1 Å². The summed E-state index contributed by atoms with van der Waals surface area (Å²) in [6.45, 7) is 4.53. The van der Waals surface area contributed by atoms with Crippen LogP contribution in [-0.4, -0.2) is 41.5 Å². The molecule has 0 N–H and O–H groups in total. The van der Waals surface area contributed by atoms with Crippen molar-refractivity contribution in [3.63, 3.8) is 0 Å². The van der Waals surface area contributed by atoms with Crippen LogP contribution in [0.3, 0.4) is 0 Å². The van der Waals surface area contributed by atoms with Crippen LogP contribution < -0.4 is 4.90 Å². The van der Waals surface area contributed by atoms with E-state index in [4.69, 9.17) is 4.74 Å². The number of pyridine rings is 1. The molecule has 2 aromatic rings. The van der Waals surface area contributed by atoms with Crippen LogP contribution >= 0.6 is 0 Å². The van der Waals surface area contributed by atoms with Crippen molar-refractivity contribution in [2.75, 3.05) is 31.2 Å². The highest BCUT2D eigenvalue weighted by molar-refractivity contribution is 5.98. The standard InChI is InChI=1S/C13H15N3O2/c1-10(17)12-13(15-6-8-18-9-7-15)16-5-3-2-4-11(16)14-12/h2-5H,6-9H2,1H3. The molecule has 1 aliphatic rings. The minimum absolute atomic E-state index is 0.000178. The zero-order valence-electron chi connectivity index (χ0n) is 10.3. The number of nitrogens with zero attached hydrogens (tertiary/aromatic N) is 3. The zero-order valence-corrected chi connectivity index (χ0v) is 10.3. The number of anilines is 1. The number of ketones is 1. The Hall–Kier alpha value is -1.88. The molecule has 0 saturated carbocycles. The van der Waals surface area contributed by atoms with Crippen molar-refractivity contribution < 1.29 is 9.53 Å². The molecule has 3 heterocycles. The van der Waals surface area contributed by atoms with Crippen molar-refractivity contribution in [1.29, 1.82) is 0 Å². The van der Waals surface area contributed by atoms with E-state index in [2.05, 4.69) is 9.88 Å². The fourth-order valence-corrected chi connectivity index (χ4v) is 2.30. The van der Waals surface area contributed by atoms with Crippen LogP contribution in [0.1, 0.15) is 17.4 Å². The van der Waals surface area contributed by atoms with Crippen LogP contribution in [0.25, 0.3) is 5.65 Å². The van der Waals surface area contributed by atoms with Crippen LogP contribution in [-0.2, 0) is 4.74 Å². The topological polar surface area (TPSA) is 46.8 Å². The van der Waals surface area contributed by atoms with Crippen LogP contribution in [0.4, 0.5) is 5.82 Å². The SMILES string of the molecule is CC(=O)c1nc2ccccn2c1N1CCOCC1. The van der Waals surface area contributed by atoms with Crippen molar-refractivity contribution in [2.24, 2.45) is 0 Å². The summed E-state index contributed by atoms with van der Waals surface area (Å²) < 4.78 is 7.33. The van der Waals surface area contributed by atoms with E-state index < -0.39 is 0 Å². The molecule has 0 atom stereocenters. The molecule has 0 amide bonds. The van der Waals surface area contributed by atoms with Crippen LogP contribution in [0.15, 0.2) is 24.4 Å². The van der Waals surface area contributed by atoms with Crippen molar-refractivity contribution in [3.8, 4) is 0 Å². The lowest BCUT2D eigenvalue weighted by molar-refractivity contribution is 0.101. The van der Waals surface area contributed by atoms with Crippen LogP contribution in [0, 0.1) is 0 Å². The van der Waals surface area contributed by atoms with E-state index in [1.807, 2.05) is 28.8 Å². The monoisotopic (exact) mass is 245 g/mol. The predicted octanol–water partition coefficient (Wildman–Crippen LogP) is 1.37. The first-order chi connectivity index (χ1) is 8.77. The third-order valence-electron chi connectivity index (χ3n) is 3.15. The molecule has 1 fully saturated rings. The van der Waals surface area contributed by atoms with Gasteiger partial charge < -0.3 is 9.64 Å². The summed E-state index contributed by atoms with van der Waals surface area (Å²) in [5.41, 5.74) is 1.35. The molecule has 0 spiro atoms. The zero-order chi connectivity index (χ0) is 12.5. The molecular formula is C13H15N3O2. The Morgan fingerprint density at radius 1 is 1.33 bits per heavy atom. The number of carbonyl (C=O) groups is 1. The summed E-state index contributed by atoms with van der Waals surface area (Å²) in [7, 11) is 0. The van der Waals surface area contributed by atoms with E-state index in [9.17, 15) is 4.79 Å². The Morgan fingerprint density at radius 3 is 2.83 bits per heavy atom. The highest BCUT2D eigenvalue weighted by Gasteiger charge is 2.22. The molecule has 5 nitrogen and oxygen atoms in total. The molecule has 0 aliphatic carbocycles. The second-order valence-corrected chi connectivity index (χ2v) is 4.37.